The molecule has 1 aliphatic carbocycles. The van der Waals surface area contributed by atoms with Crippen LogP contribution < -0.4 is 0 Å². The summed E-state index contributed by atoms with van der Waals surface area (Å²) in [7, 11) is 0. The molecule has 3 rings (SSSR count). The van der Waals surface area contributed by atoms with Crippen molar-refractivity contribution in [3.63, 3.8) is 0 Å². The van der Waals surface area contributed by atoms with Gasteiger partial charge in [0, 0.05) is 3.57 Å². The van der Waals surface area contributed by atoms with E-state index in [9.17, 15) is 0 Å². The Morgan fingerprint density at radius 3 is 2.50 bits per heavy atom. The molecule has 0 nitrogen and oxygen atoms in total. The van der Waals surface area contributed by atoms with Gasteiger partial charge in [-0.3, -0.25) is 0 Å². The first-order valence-corrected chi connectivity index (χ1v) is 6.69. The third kappa shape index (κ3) is 2.01. The minimum absolute atomic E-state index is 0.795. The molecule has 1 aliphatic rings. The summed E-state index contributed by atoms with van der Waals surface area (Å²) in [6, 6.07) is 18.5. The van der Waals surface area contributed by atoms with E-state index in [2.05, 4.69) is 71.1 Å². The topological polar surface area (TPSA) is 0 Å². The van der Waals surface area contributed by atoms with Gasteiger partial charge in [-0.05, 0) is 76.2 Å². The second-order valence-corrected chi connectivity index (χ2v) is 5.45. The van der Waals surface area contributed by atoms with E-state index in [4.69, 9.17) is 0 Å². The molecule has 0 aromatic heterocycles. The van der Waals surface area contributed by atoms with Crippen LogP contribution in [-0.2, 0) is 0 Å². The third-order valence-corrected chi connectivity index (χ3v) is 3.98. The molecule has 0 bridgehead atoms. The summed E-state index contributed by atoms with van der Waals surface area (Å²) in [5.74, 6) is 0.795. The van der Waals surface area contributed by atoms with Crippen LogP contribution in [0.5, 0.6) is 0 Å². The second-order valence-electron chi connectivity index (χ2n) is 4.29. The Kier molecular flexibility index (Phi) is 2.72. The normalized spacial score (nSPS) is 15.1. The van der Waals surface area contributed by atoms with Crippen molar-refractivity contribution < 1.29 is 0 Å². The largest absolute Gasteiger partial charge is 0.0616 e. The van der Waals surface area contributed by atoms with Crippen LogP contribution in [0.15, 0.2) is 42.5 Å². The highest BCUT2D eigenvalue weighted by atomic mass is 127. The fraction of sp³-hybridized carbons (Fsp3) is 0.200. The number of halogens is 1. The summed E-state index contributed by atoms with van der Waals surface area (Å²) in [5.41, 5.74) is 3.96. The Bertz CT molecular complexity index is 495. The fourth-order valence-electron chi connectivity index (χ4n) is 1.95. The van der Waals surface area contributed by atoms with Crippen LogP contribution in [0.4, 0.5) is 0 Å². The molecule has 2 aromatic rings. The lowest BCUT2D eigenvalue weighted by Gasteiger charge is -2.05. The van der Waals surface area contributed by atoms with Gasteiger partial charge in [-0.15, -0.1) is 0 Å². The molecule has 0 N–H and O–H groups in total. The van der Waals surface area contributed by atoms with Gasteiger partial charge in [-0.25, -0.2) is 0 Å². The standard InChI is InChI=1S/C15H12I/c16-15-4-2-1-3-14(15)13-9-7-12(8-10-13)11-5-6-11/h1-4,7,9-11H,5-6H2. The number of rotatable bonds is 2. The first kappa shape index (κ1) is 10.3. The van der Waals surface area contributed by atoms with Crippen molar-refractivity contribution in [1.29, 1.82) is 0 Å². The molecule has 79 valence electrons. The minimum Gasteiger partial charge on any atom is -0.0616 e. The van der Waals surface area contributed by atoms with Crippen molar-refractivity contribution in [2.24, 2.45) is 0 Å². The quantitative estimate of drug-likeness (QED) is 0.708. The predicted molar refractivity (Wildman–Crippen MR) is 75.4 cm³/mol. The van der Waals surface area contributed by atoms with Crippen LogP contribution in [-0.4, -0.2) is 0 Å². The Morgan fingerprint density at radius 2 is 1.88 bits per heavy atom. The molecule has 1 saturated carbocycles. The van der Waals surface area contributed by atoms with Gasteiger partial charge in [0.2, 0.25) is 0 Å². The van der Waals surface area contributed by atoms with Crippen molar-refractivity contribution in [3.8, 4) is 11.1 Å². The van der Waals surface area contributed by atoms with Gasteiger partial charge in [-0.1, -0.05) is 30.3 Å². The van der Waals surface area contributed by atoms with E-state index >= 15 is 0 Å². The lowest BCUT2D eigenvalue weighted by molar-refractivity contribution is 1.13. The summed E-state index contributed by atoms with van der Waals surface area (Å²) in [5, 5.41) is 0. The predicted octanol–water partition coefficient (Wildman–Crippen LogP) is 4.64. The second kappa shape index (κ2) is 4.21. The van der Waals surface area contributed by atoms with E-state index in [0.717, 1.165) is 5.92 Å². The lowest BCUT2D eigenvalue weighted by Crippen LogP contribution is -1.84. The zero-order valence-electron chi connectivity index (χ0n) is 8.91. The van der Waals surface area contributed by atoms with E-state index in [1.165, 1.54) is 33.1 Å². The van der Waals surface area contributed by atoms with Crippen molar-refractivity contribution >= 4 is 22.6 Å². The van der Waals surface area contributed by atoms with Crippen LogP contribution in [0.1, 0.15) is 24.3 Å². The van der Waals surface area contributed by atoms with Crippen molar-refractivity contribution in [2.45, 2.75) is 18.8 Å². The summed E-state index contributed by atoms with van der Waals surface area (Å²) >= 11 is 2.38. The molecule has 0 saturated heterocycles. The molecule has 0 unspecified atom stereocenters. The molecule has 1 heteroatoms. The molecular formula is C15H12I. The maximum Gasteiger partial charge on any atom is 0.0208 e. The number of benzene rings is 2. The minimum atomic E-state index is 0.795. The van der Waals surface area contributed by atoms with E-state index in [-0.39, 0.29) is 0 Å². The molecule has 1 fully saturated rings. The summed E-state index contributed by atoms with van der Waals surface area (Å²) < 4.78 is 1.30. The first-order chi connectivity index (χ1) is 7.84. The Balaban J connectivity index is 1.97. The molecule has 16 heavy (non-hydrogen) atoms. The van der Waals surface area contributed by atoms with E-state index in [1.54, 1.807) is 0 Å². The average molecular weight is 319 g/mol. The molecule has 0 spiro atoms. The molecule has 1 radical (unpaired) electrons. The summed E-state index contributed by atoms with van der Waals surface area (Å²) in [6.45, 7) is 0. The van der Waals surface area contributed by atoms with Gasteiger partial charge in [0.1, 0.15) is 0 Å². The average Bonchev–Trinajstić information content (AvgIpc) is 3.14. The van der Waals surface area contributed by atoms with Crippen molar-refractivity contribution in [2.75, 3.05) is 0 Å². The zero-order chi connectivity index (χ0) is 11.0. The monoisotopic (exact) mass is 319 g/mol. The SMILES string of the molecule is Ic1ccccc1-c1c[c]c(C2CC2)cc1. The fourth-order valence-corrected chi connectivity index (χ4v) is 2.65. The highest BCUT2D eigenvalue weighted by Gasteiger charge is 2.23. The molecule has 0 heterocycles. The van der Waals surface area contributed by atoms with Crippen LogP contribution >= 0.6 is 22.6 Å². The zero-order valence-corrected chi connectivity index (χ0v) is 11.1. The van der Waals surface area contributed by atoms with Crippen molar-refractivity contribution in [3.05, 3.63) is 57.7 Å². The molecule has 0 amide bonds. The maximum absolute atomic E-state index is 3.42. The van der Waals surface area contributed by atoms with Gasteiger partial charge in [0.25, 0.3) is 0 Å². The van der Waals surface area contributed by atoms with E-state index in [0.29, 0.717) is 0 Å². The van der Waals surface area contributed by atoms with E-state index in [1.807, 2.05) is 0 Å². The smallest absolute Gasteiger partial charge is 0.0208 e. The summed E-state index contributed by atoms with van der Waals surface area (Å²) in [4.78, 5) is 0. The van der Waals surface area contributed by atoms with Gasteiger partial charge in [0.05, 0.1) is 0 Å². The molecule has 0 atom stereocenters. The van der Waals surface area contributed by atoms with Gasteiger partial charge in [0.15, 0.2) is 0 Å². The van der Waals surface area contributed by atoms with Gasteiger partial charge in [-0.2, -0.15) is 0 Å². The highest BCUT2D eigenvalue weighted by molar-refractivity contribution is 14.1. The first-order valence-electron chi connectivity index (χ1n) is 5.61. The van der Waals surface area contributed by atoms with Crippen LogP contribution in [0.25, 0.3) is 11.1 Å². The Labute approximate surface area is 110 Å². The Morgan fingerprint density at radius 1 is 1.06 bits per heavy atom. The van der Waals surface area contributed by atoms with Gasteiger partial charge >= 0.3 is 0 Å². The van der Waals surface area contributed by atoms with Crippen molar-refractivity contribution in [1.82, 2.24) is 0 Å². The van der Waals surface area contributed by atoms with Gasteiger partial charge < -0.3 is 0 Å². The third-order valence-electron chi connectivity index (χ3n) is 3.04. The highest BCUT2D eigenvalue weighted by Crippen LogP contribution is 2.40. The lowest BCUT2D eigenvalue weighted by atomic mass is 10.0. The van der Waals surface area contributed by atoms with E-state index < -0.39 is 0 Å². The summed E-state index contributed by atoms with van der Waals surface area (Å²) in [6.07, 6.45) is 2.69. The molecular weight excluding hydrogens is 307 g/mol. The van der Waals surface area contributed by atoms with Crippen LogP contribution in [0.2, 0.25) is 0 Å². The number of hydrogen-bond acceptors (Lipinski definition) is 0. The Hall–Kier alpha value is -0.830. The van der Waals surface area contributed by atoms with Crippen LogP contribution in [0, 0.1) is 9.64 Å². The van der Waals surface area contributed by atoms with Crippen LogP contribution in [0.3, 0.4) is 0 Å². The maximum atomic E-state index is 3.42. The molecule has 2 aromatic carbocycles. The molecule has 0 aliphatic heterocycles. The number of hydrogen-bond donors (Lipinski definition) is 0.